The third kappa shape index (κ3) is 2.14. The van der Waals surface area contributed by atoms with Gasteiger partial charge in [0.25, 0.3) is 5.91 Å². The first-order valence-corrected chi connectivity index (χ1v) is 7.67. The molecular weight excluding hydrogens is 262 g/mol. The highest BCUT2D eigenvalue weighted by Crippen LogP contribution is 2.31. The van der Waals surface area contributed by atoms with Gasteiger partial charge in [-0.25, -0.2) is 0 Å². The third-order valence-corrected chi connectivity index (χ3v) is 4.96. The van der Waals surface area contributed by atoms with Crippen LogP contribution in [0.5, 0.6) is 0 Å². The molecule has 2 unspecified atom stereocenters. The molecule has 4 nitrogen and oxygen atoms in total. The van der Waals surface area contributed by atoms with E-state index in [9.17, 15) is 4.79 Å². The third-order valence-electron chi connectivity index (χ3n) is 4.96. The number of carbonyl (C=O) groups excluding carboxylic acids is 1. The number of likely N-dealkylation sites (tertiary alicyclic amines) is 2. The molecule has 0 aliphatic carbocycles. The molecule has 2 atom stereocenters. The van der Waals surface area contributed by atoms with Gasteiger partial charge in [-0.2, -0.15) is 0 Å². The van der Waals surface area contributed by atoms with Crippen LogP contribution in [0.1, 0.15) is 16.1 Å². The summed E-state index contributed by atoms with van der Waals surface area (Å²) in [6, 6.07) is 8.24. The number of aromatic nitrogens is 1. The van der Waals surface area contributed by atoms with Crippen molar-refractivity contribution >= 4 is 16.8 Å². The van der Waals surface area contributed by atoms with E-state index in [1.54, 1.807) is 0 Å². The molecule has 2 saturated heterocycles. The molecule has 2 aliphatic rings. The summed E-state index contributed by atoms with van der Waals surface area (Å²) in [4.78, 5) is 20.4. The lowest BCUT2D eigenvalue weighted by molar-refractivity contribution is 0.0771. The lowest BCUT2D eigenvalue weighted by Gasteiger charge is -2.18. The van der Waals surface area contributed by atoms with Crippen LogP contribution < -0.4 is 0 Å². The summed E-state index contributed by atoms with van der Waals surface area (Å²) in [5, 5.41) is 1.12. The fourth-order valence-corrected chi connectivity index (χ4v) is 3.93. The summed E-state index contributed by atoms with van der Waals surface area (Å²) in [5.41, 5.74) is 2.99. The van der Waals surface area contributed by atoms with Crippen LogP contribution in [0, 0.1) is 18.8 Å². The Morgan fingerprint density at radius 3 is 2.57 bits per heavy atom. The van der Waals surface area contributed by atoms with E-state index in [-0.39, 0.29) is 5.91 Å². The number of hydrogen-bond donors (Lipinski definition) is 1. The number of fused-ring (bicyclic) bond motifs is 2. The van der Waals surface area contributed by atoms with Gasteiger partial charge in [-0.05, 0) is 44.0 Å². The van der Waals surface area contributed by atoms with Crippen LogP contribution in [0.3, 0.4) is 0 Å². The summed E-state index contributed by atoms with van der Waals surface area (Å²) >= 11 is 0. The molecule has 2 fully saturated rings. The first-order valence-electron chi connectivity index (χ1n) is 7.67. The molecule has 0 bridgehead atoms. The van der Waals surface area contributed by atoms with Gasteiger partial charge >= 0.3 is 0 Å². The Balaban J connectivity index is 1.57. The van der Waals surface area contributed by atoms with Crippen molar-refractivity contribution in [2.75, 3.05) is 33.2 Å². The van der Waals surface area contributed by atoms with E-state index in [4.69, 9.17) is 0 Å². The molecule has 3 heterocycles. The second-order valence-electron chi connectivity index (χ2n) is 6.73. The Morgan fingerprint density at radius 1 is 1.14 bits per heavy atom. The molecule has 0 radical (unpaired) electrons. The minimum absolute atomic E-state index is 0.154. The van der Waals surface area contributed by atoms with Gasteiger partial charge in [-0.1, -0.05) is 11.6 Å². The number of hydrogen-bond acceptors (Lipinski definition) is 2. The van der Waals surface area contributed by atoms with Gasteiger partial charge in [0, 0.05) is 37.1 Å². The number of nitrogens with zero attached hydrogens (tertiary/aromatic N) is 2. The fourth-order valence-electron chi connectivity index (χ4n) is 3.93. The normalized spacial score (nSPS) is 25.7. The molecule has 1 aromatic carbocycles. The summed E-state index contributed by atoms with van der Waals surface area (Å²) < 4.78 is 0. The van der Waals surface area contributed by atoms with Gasteiger partial charge in [0.05, 0.1) is 0 Å². The molecule has 2 aliphatic heterocycles. The smallest absolute Gasteiger partial charge is 0.270 e. The minimum atomic E-state index is 0.154. The highest BCUT2D eigenvalue weighted by atomic mass is 16.2. The van der Waals surface area contributed by atoms with Gasteiger partial charge in [0.15, 0.2) is 0 Å². The number of aromatic amines is 1. The van der Waals surface area contributed by atoms with Crippen LogP contribution in [0.4, 0.5) is 0 Å². The Bertz CT molecular complexity index is 691. The van der Waals surface area contributed by atoms with Crippen molar-refractivity contribution in [2.45, 2.75) is 6.92 Å². The van der Waals surface area contributed by atoms with Crippen molar-refractivity contribution in [3.05, 3.63) is 35.5 Å². The zero-order valence-corrected chi connectivity index (χ0v) is 12.6. The average Bonchev–Trinajstić information content (AvgIpc) is 3.08. The predicted molar refractivity (Wildman–Crippen MR) is 83.4 cm³/mol. The molecular formula is C17H21N3O. The fraction of sp³-hybridized carbons (Fsp3) is 0.471. The zero-order chi connectivity index (χ0) is 14.6. The lowest BCUT2D eigenvalue weighted by Crippen LogP contribution is -2.32. The Kier molecular flexibility index (Phi) is 2.82. The quantitative estimate of drug-likeness (QED) is 0.870. The van der Waals surface area contributed by atoms with Crippen LogP contribution in [0.25, 0.3) is 10.9 Å². The van der Waals surface area contributed by atoms with Gasteiger partial charge in [0.1, 0.15) is 5.69 Å². The topological polar surface area (TPSA) is 39.3 Å². The summed E-state index contributed by atoms with van der Waals surface area (Å²) in [5.74, 6) is 1.47. The number of rotatable bonds is 1. The van der Waals surface area contributed by atoms with Crippen molar-refractivity contribution < 1.29 is 4.79 Å². The number of nitrogens with one attached hydrogen (secondary N) is 1. The van der Waals surface area contributed by atoms with Crippen molar-refractivity contribution in [3.63, 3.8) is 0 Å². The molecule has 0 spiro atoms. The lowest BCUT2D eigenvalue weighted by atomic mass is 10.0. The minimum Gasteiger partial charge on any atom is -0.351 e. The Hall–Kier alpha value is -1.81. The van der Waals surface area contributed by atoms with Crippen LogP contribution in [0.2, 0.25) is 0 Å². The molecule has 2 aromatic rings. The van der Waals surface area contributed by atoms with Crippen LogP contribution >= 0.6 is 0 Å². The second kappa shape index (κ2) is 4.60. The number of amides is 1. The van der Waals surface area contributed by atoms with Crippen LogP contribution in [-0.2, 0) is 0 Å². The summed E-state index contributed by atoms with van der Waals surface area (Å²) in [6.45, 7) is 6.14. The van der Waals surface area contributed by atoms with E-state index in [0.717, 1.165) is 42.8 Å². The molecule has 21 heavy (non-hydrogen) atoms. The molecule has 1 amide bonds. The van der Waals surface area contributed by atoms with Crippen molar-refractivity contribution in [1.29, 1.82) is 0 Å². The maximum absolute atomic E-state index is 12.7. The van der Waals surface area contributed by atoms with Crippen molar-refractivity contribution in [1.82, 2.24) is 14.8 Å². The summed E-state index contributed by atoms with van der Waals surface area (Å²) in [7, 11) is 2.17. The summed E-state index contributed by atoms with van der Waals surface area (Å²) in [6.07, 6.45) is 0. The second-order valence-corrected chi connectivity index (χ2v) is 6.73. The zero-order valence-electron chi connectivity index (χ0n) is 12.6. The van der Waals surface area contributed by atoms with Gasteiger partial charge in [0.2, 0.25) is 0 Å². The number of H-pyrrole nitrogens is 1. The Labute approximate surface area is 124 Å². The largest absolute Gasteiger partial charge is 0.351 e. The van der Waals surface area contributed by atoms with E-state index in [1.807, 2.05) is 11.0 Å². The molecule has 4 heteroatoms. The van der Waals surface area contributed by atoms with Crippen LogP contribution in [-0.4, -0.2) is 53.9 Å². The number of aryl methyl sites for hydroxylation is 1. The molecule has 110 valence electrons. The van der Waals surface area contributed by atoms with E-state index in [2.05, 4.69) is 42.1 Å². The van der Waals surface area contributed by atoms with E-state index < -0.39 is 0 Å². The average molecular weight is 283 g/mol. The van der Waals surface area contributed by atoms with Gasteiger partial charge in [-0.15, -0.1) is 0 Å². The number of carbonyl (C=O) groups is 1. The van der Waals surface area contributed by atoms with E-state index >= 15 is 0 Å². The molecule has 1 N–H and O–H groups in total. The first kappa shape index (κ1) is 12.9. The number of benzene rings is 1. The van der Waals surface area contributed by atoms with Crippen LogP contribution in [0.15, 0.2) is 24.3 Å². The van der Waals surface area contributed by atoms with Crippen molar-refractivity contribution in [2.24, 2.45) is 11.8 Å². The monoisotopic (exact) mass is 283 g/mol. The standard InChI is InChI=1S/C17H21N3O/c1-11-3-4-15-12(5-11)6-16(18-15)17(21)20-9-13-7-19(2)8-14(13)10-20/h3-6,13-14,18H,7-10H2,1-2H3. The Morgan fingerprint density at radius 2 is 1.86 bits per heavy atom. The molecule has 4 rings (SSSR count). The van der Waals surface area contributed by atoms with E-state index in [1.165, 1.54) is 5.56 Å². The first-order chi connectivity index (χ1) is 10.1. The van der Waals surface area contributed by atoms with Gasteiger partial charge < -0.3 is 14.8 Å². The van der Waals surface area contributed by atoms with E-state index in [0.29, 0.717) is 11.8 Å². The maximum atomic E-state index is 12.7. The predicted octanol–water partition coefficient (Wildman–Crippen LogP) is 2.11. The van der Waals surface area contributed by atoms with Gasteiger partial charge in [-0.3, -0.25) is 4.79 Å². The highest BCUT2D eigenvalue weighted by molar-refractivity contribution is 5.98. The highest BCUT2D eigenvalue weighted by Gasteiger charge is 2.40. The SMILES string of the molecule is Cc1ccc2[nH]c(C(=O)N3CC4CN(C)CC4C3)cc2c1. The maximum Gasteiger partial charge on any atom is 0.270 e. The van der Waals surface area contributed by atoms with Crippen molar-refractivity contribution in [3.8, 4) is 0 Å². The molecule has 0 saturated carbocycles. The molecule has 1 aromatic heterocycles.